The highest BCUT2D eigenvalue weighted by Gasteiger charge is 2.96. The fraction of sp³-hybridized carbons (Fsp3) is 0.667. The van der Waals surface area contributed by atoms with Crippen molar-refractivity contribution in [3.63, 3.8) is 0 Å². The van der Waals surface area contributed by atoms with Crippen LogP contribution in [0.15, 0.2) is 12.1 Å². The van der Waals surface area contributed by atoms with Crippen molar-refractivity contribution in [1.82, 2.24) is 0 Å². The summed E-state index contributed by atoms with van der Waals surface area (Å²) in [6.45, 7) is 1.14. The third kappa shape index (κ3) is 1.15. The first kappa shape index (κ1) is 14.5. The molecule has 3 unspecified atom stereocenters. The molecule has 6 atom stereocenters. The Hall–Kier alpha value is -1.59. The first-order valence-electron chi connectivity index (χ1n) is 9.98. The van der Waals surface area contributed by atoms with Gasteiger partial charge in [0.15, 0.2) is 23.5 Å². The maximum absolute atomic E-state index is 12.8. The number of hydrogen-bond acceptors (Lipinski definition) is 4. The second-order valence-corrected chi connectivity index (χ2v) is 10.0. The van der Waals surface area contributed by atoms with Crippen molar-refractivity contribution in [1.29, 1.82) is 0 Å². The smallest absolute Gasteiger partial charge is 0.175 e. The summed E-state index contributed by atoms with van der Waals surface area (Å²) >= 11 is 0. The Morgan fingerprint density at radius 2 is 2.19 bits per heavy atom. The summed E-state index contributed by atoms with van der Waals surface area (Å²) in [5, 5.41) is 24.6. The van der Waals surface area contributed by atoms with E-state index in [-0.39, 0.29) is 23.1 Å². The Labute approximate surface area is 152 Å². The number of benzene rings is 1. The fourth-order valence-electron chi connectivity index (χ4n) is 8.08. The summed E-state index contributed by atoms with van der Waals surface area (Å²) < 4.78 is 6.98. The van der Waals surface area contributed by atoms with Gasteiger partial charge in [0.25, 0.3) is 0 Å². The van der Waals surface area contributed by atoms with E-state index >= 15 is 0 Å². The van der Waals surface area contributed by atoms with Gasteiger partial charge in [-0.15, -0.1) is 0 Å². The molecule has 1 N–H and O–H groups in total. The minimum atomic E-state index is -0.931. The van der Waals surface area contributed by atoms with E-state index in [0.717, 1.165) is 40.9 Å². The lowest BCUT2D eigenvalue weighted by molar-refractivity contribution is -0.834. The molecule has 4 aliphatic carbocycles. The highest BCUT2D eigenvalue weighted by Crippen LogP contribution is 2.79. The van der Waals surface area contributed by atoms with E-state index in [9.17, 15) is 15.0 Å². The number of fused-ring (bicyclic) bond motifs is 1. The van der Waals surface area contributed by atoms with E-state index in [1.54, 1.807) is 6.07 Å². The number of carbonyl (C=O) groups excluding carboxylic acids is 1. The summed E-state index contributed by atoms with van der Waals surface area (Å²) in [4.78, 5) is 12.8. The average Bonchev–Trinajstić information content (AvgIpc) is 3.41. The third-order valence-corrected chi connectivity index (χ3v) is 9.05. The zero-order valence-corrected chi connectivity index (χ0v) is 15.0. The van der Waals surface area contributed by atoms with Gasteiger partial charge in [0.1, 0.15) is 11.4 Å². The lowest BCUT2D eigenvalue weighted by Gasteiger charge is -2.50. The molecule has 5 heteroatoms. The monoisotopic (exact) mass is 353 g/mol. The Balaban J connectivity index is 1.51. The summed E-state index contributed by atoms with van der Waals surface area (Å²) in [7, 11) is 2.32. The fourth-order valence-corrected chi connectivity index (χ4v) is 8.08. The van der Waals surface area contributed by atoms with Gasteiger partial charge in [0.05, 0.1) is 19.0 Å². The van der Waals surface area contributed by atoms with Crippen LogP contribution in [-0.2, 0) is 16.6 Å². The highest BCUT2D eigenvalue weighted by molar-refractivity contribution is 5.90. The molecule has 2 heterocycles. The van der Waals surface area contributed by atoms with Crippen LogP contribution in [0.4, 0.5) is 0 Å². The van der Waals surface area contributed by atoms with Gasteiger partial charge < -0.3 is 19.4 Å². The molecule has 1 aromatic carbocycles. The van der Waals surface area contributed by atoms with Gasteiger partial charge in [-0.05, 0) is 24.8 Å². The molecule has 0 aromatic heterocycles. The molecule has 0 amide bonds. The van der Waals surface area contributed by atoms with Crippen molar-refractivity contribution in [2.24, 2.45) is 5.92 Å². The molecule has 0 radical (unpaired) electrons. The topological polar surface area (TPSA) is 69.6 Å². The average molecular weight is 353 g/mol. The number of likely N-dealkylation sites (tertiary alicyclic amines) is 1. The molecule has 136 valence electrons. The highest BCUT2D eigenvalue weighted by atomic mass is 16.5. The van der Waals surface area contributed by atoms with Crippen LogP contribution in [0.2, 0.25) is 0 Å². The van der Waals surface area contributed by atoms with Gasteiger partial charge in [0.2, 0.25) is 0 Å². The van der Waals surface area contributed by atoms with Gasteiger partial charge >= 0.3 is 0 Å². The molecule has 2 aliphatic heterocycles. The number of piperidine rings is 1. The second-order valence-electron chi connectivity index (χ2n) is 10.0. The predicted octanol–water partition coefficient (Wildman–Crippen LogP) is 0.790. The van der Waals surface area contributed by atoms with Crippen LogP contribution < -0.4 is 9.84 Å². The number of likely N-dealkylation sites (N-methyl/N-ethyl adjacent to an activating group) is 1. The van der Waals surface area contributed by atoms with Crippen LogP contribution in [0.25, 0.3) is 0 Å². The molecule has 1 saturated heterocycles. The zero-order chi connectivity index (χ0) is 17.7. The van der Waals surface area contributed by atoms with Crippen LogP contribution >= 0.6 is 0 Å². The molecular formula is C21H23NO4. The van der Waals surface area contributed by atoms with Crippen molar-refractivity contribution in [2.45, 2.75) is 67.2 Å². The molecule has 2 bridgehead atoms. The first-order chi connectivity index (χ1) is 12.4. The van der Waals surface area contributed by atoms with Crippen LogP contribution in [0.1, 0.15) is 43.2 Å². The molecule has 4 fully saturated rings. The number of hydrogen-bond donors (Lipinski definition) is 1. The number of aliphatic hydroxyl groups is 1. The normalized spacial score (nSPS) is 51.7. The predicted molar refractivity (Wildman–Crippen MR) is 89.8 cm³/mol. The Morgan fingerprint density at radius 1 is 1.38 bits per heavy atom. The number of nitrogens with zero attached hydrogens (tertiary/aromatic N) is 1. The van der Waals surface area contributed by atoms with E-state index in [0.29, 0.717) is 18.6 Å². The van der Waals surface area contributed by atoms with Gasteiger partial charge in [-0.2, -0.15) is 0 Å². The van der Waals surface area contributed by atoms with Crippen molar-refractivity contribution in [3.8, 4) is 11.5 Å². The van der Waals surface area contributed by atoms with E-state index in [1.807, 2.05) is 6.07 Å². The molecular weight excluding hydrogens is 330 g/mol. The largest absolute Gasteiger partial charge is 0.870 e. The zero-order valence-electron chi connectivity index (χ0n) is 15.0. The minimum Gasteiger partial charge on any atom is -0.870 e. The lowest BCUT2D eigenvalue weighted by Crippen LogP contribution is -2.67. The third-order valence-electron chi connectivity index (χ3n) is 9.05. The van der Waals surface area contributed by atoms with Crippen LogP contribution in [0.3, 0.4) is 0 Å². The number of rotatable bonds is 2. The molecule has 26 heavy (non-hydrogen) atoms. The molecule has 6 aliphatic rings. The number of carbonyl (C=O) groups is 1. The Bertz CT molecular complexity index is 925. The molecule has 5 nitrogen and oxygen atoms in total. The quantitative estimate of drug-likeness (QED) is 0.630. The van der Waals surface area contributed by atoms with Gasteiger partial charge in [-0.1, -0.05) is 17.9 Å². The summed E-state index contributed by atoms with van der Waals surface area (Å²) in [6, 6.07) is 3.70. The van der Waals surface area contributed by atoms with Crippen molar-refractivity contribution >= 4 is 5.78 Å². The molecule has 2 spiro atoms. The van der Waals surface area contributed by atoms with E-state index in [4.69, 9.17) is 4.74 Å². The minimum absolute atomic E-state index is 0.0164. The SMILES string of the molecule is C[N+]1(CC2CC2)[C@@H]2C13Cc1ccc([O-])c4c1[C@@]1(C3)C(O4)C(=O)CC[C@@]21O. The second kappa shape index (κ2) is 3.69. The van der Waals surface area contributed by atoms with Gasteiger partial charge in [-0.25, -0.2) is 0 Å². The molecule has 7 rings (SSSR count). The Morgan fingerprint density at radius 3 is 2.96 bits per heavy atom. The summed E-state index contributed by atoms with van der Waals surface area (Å²) in [5.74, 6) is 1.07. The van der Waals surface area contributed by atoms with Crippen molar-refractivity contribution in [3.05, 3.63) is 23.3 Å². The van der Waals surface area contributed by atoms with E-state index in [1.165, 1.54) is 12.8 Å². The maximum atomic E-state index is 12.8. The van der Waals surface area contributed by atoms with Gasteiger partial charge in [0, 0.05) is 30.7 Å². The first-order valence-corrected chi connectivity index (χ1v) is 9.98. The number of ketones is 1. The van der Waals surface area contributed by atoms with Crippen molar-refractivity contribution < 1.29 is 24.2 Å². The van der Waals surface area contributed by atoms with Gasteiger partial charge in [-0.3, -0.25) is 4.79 Å². The lowest BCUT2D eigenvalue weighted by atomic mass is 9.56. The van der Waals surface area contributed by atoms with E-state index in [2.05, 4.69) is 7.05 Å². The summed E-state index contributed by atoms with van der Waals surface area (Å²) in [6.07, 6.45) is 4.52. The molecule has 1 aromatic rings. The number of quaternary nitrogens is 1. The number of ether oxygens (including phenoxy) is 1. The van der Waals surface area contributed by atoms with Crippen LogP contribution in [0, 0.1) is 5.92 Å². The van der Waals surface area contributed by atoms with Crippen molar-refractivity contribution in [2.75, 3.05) is 13.6 Å². The molecule has 3 saturated carbocycles. The summed E-state index contributed by atoms with van der Waals surface area (Å²) in [5.41, 5.74) is 0.433. The van der Waals surface area contributed by atoms with Crippen LogP contribution in [0.5, 0.6) is 11.5 Å². The van der Waals surface area contributed by atoms with Crippen LogP contribution in [-0.4, -0.2) is 52.3 Å². The standard InChI is InChI=1S/C21H23NO4/c1-22(9-11-2-3-11)18-19(22)8-12-4-5-13(23)16-15(12)20(10-19)17(26-16)14(24)6-7-21(18,20)25/h4-5,11,17-18,25H,2-3,6-10H2,1H3/t17?,18-,19?,20+,21-,22?/m1/s1. The Kier molecular flexibility index (Phi) is 2.06. The number of Topliss-reactive ketones (excluding diaryl/α,β-unsaturated/α-hetero) is 1. The maximum Gasteiger partial charge on any atom is 0.175 e. The van der Waals surface area contributed by atoms with E-state index < -0.39 is 17.1 Å².